The Hall–Kier alpha value is -1.85. The normalized spacial score (nSPS) is 10.4. The van der Waals surface area contributed by atoms with E-state index in [4.69, 9.17) is 9.47 Å². The van der Waals surface area contributed by atoms with Crippen molar-refractivity contribution in [1.82, 2.24) is 0 Å². The molecule has 0 spiro atoms. The molecule has 0 atom stereocenters. The Morgan fingerprint density at radius 1 is 1.22 bits per heavy atom. The van der Waals surface area contributed by atoms with Crippen molar-refractivity contribution in [2.45, 2.75) is 20.5 Å². The van der Waals surface area contributed by atoms with E-state index in [9.17, 15) is 4.79 Å². The summed E-state index contributed by atoms with van der Waals surface area (Å²) in [4.78, 5) is 12.5. The van der Waals surface area contributed by atoms with Crippen LogP contribution >= 0.6 is 15.9 Å². The lowest BCUT2D eigenvalue weighted by atomic mass is 10.1. The van der Waals surface area contributed by atoms with Gasteiger partial charge in [-0.15, -0.1) is 0 Å². The molecule has 0 fully saturated rings. The Labute approximate surface area is 144 Å². The van der Waals surface area contributed by atoms with Crippen LogP contribution in [0.5, 0.6) is 5.75 Å². The summed E-state index contributed by atoms with van der Waals surface area (Å²) in [5.41, 5.74) is 3.22. The van der Waals surface area contributed by atoms with Gasteiger partial charge in [0, 0.05) is 27.9 Å². The van der Waals surface area contributed by atoms with E-state index in [2.05, 4.69) is 21.2 Å². The third-order valence-electron chi connectivity index (χ3n) is 3.44. The number of hydrogen-bond acceptors (Lipinski definition) is 3. The van der Waals surface area contributed by atoms with Gasteiger partial charge in [-0.3, -0.25) is 4.79 Å². The Balaban J connectivity index is 2.21. The molecule has 0 saturated heterocycles. The minimum atomic E-state index is -0.157. The van der Waals surface area contributed by atoms with Gasteiger partial charge in [-0.25, -0.2) is 0 Å². The smallest absolute Gasteiger partial charge is 0.255 e. The molecule has 0 aliphatic rings. The molecule has 23 heavy (non-hydrogen) atoms. The van der Waals surface area contributed by atoms with Crippen molar-refractivity contribution in [3.05, 3.63) is 57.6 Å². The zero-order valence-electron chi connectivity index (χ0n) is 13.5. The maximum absolute atomic E-state index is 12.5. The van der Waals surface area contributed by atoms with Gasteiger partial charge in [0.25, 0.3) is 5.91 Å². The van der Waals surface area contributed by atoms with Crippen LogP contribution in [-0.4, -0.2) is 19.6 Å². The molecule has 1 amide bonds. The Kier molecular flexibility index (Phi) is 6.19. The minimum Gasteiger partial charge on any atom is -0.496 e. The molecule has 1 N–H and O–H groups in total. The van der Waals surface area contributed by atoms with Crippen molar-refractivity contribution >= 4 is 27.5 Å². The highest BCUT2D eigenvalue weighted by atomic mass is 79.9. The number of halogens is 1. The van der Waals surface area contributed by atoms with Gasteiger partial charge in [-0.2, -0.15) is 0 Å². The Morgan fingerprint density at radius 3 is 2.65 bits per heavy atom. The van der Waals surface area contributed by atoms with Crippen molar-refractivity contribution < 1.29 is 14.3 Å². The molecular formula is C18H20BrNO3. The molecule has 0 aromatic heterocycles. The van der Waals surface area contributed by atoms with Crippen LogP contribution in [0.2, 0.25) is 0 Å². The number of hydrogen-bond donors (Lipinski definition) is 1. The number of carbonyl (C=O) groups is 1. The monoisotopic (exact) mass is 377 g/mol. The summed E-state index contributed by atoms with van der Waals surface area (Å²) in [5.74, 6) is 0.561. The summed E-state index contributed by atoms with van der Waals surface area (Å²) in [6.45, 7) is 4.91. The molecule has 2 aromatic rings. The number of ether oxygens (including phenoxy) is 2. The zero-order chi connectivity index (χ0) is 16.8. The summed E-state index contributed by atoms with van der Waals surface area (Å²) in [6, 6.07) is 11.1. The molecule has 122 valence electrons. The van der Waals surface area contributed by atoms with Crippen molar-refractivity contribution in [2.75, 3.05) is 19.0 Å². The quantitative estimate of drug-likeness (QED) is 0.802. The standard InChI is InChI=1S/C18H20BrNO3/c1-4-23-11-14-10-13(5-8-17(14)22-3)18(21)20-16-7-6-15(19)9-12(16)2/h5-10H,4,11H2,1-3H3,(H,20,21). The maximum atomic E-state index is 12.5. The van der Waals surface area contributed by atoms with Gasteiger partial charge < -0.3 is 14.8 Å². The SMILES string of the molecule is CCOCc1cc(C(=O)Nc2ccc(Br)cc2C)ccc1OC. The fraction of sp³-hybridized carbons (Fsp3) is 0.278. The summed E-state index contributed by atoms with van der Waals surface area (Å²) in [5, 5.41) is 2.93. The fourth-order valence-electron chi connectivity index (χ4n) is 2.21. The van der Waals surface area contributed by atoms with Crippen molar-refractivity contribution in [3.63, 3.8) is 0 Å². The van der Waals surface area contributed by atoms with Gasteiger partial charge in [-0.05, 0) is 55.8 Å². The van der Waals surface area contributed by atoms with E-state index < -0.39 is 0 Å². The van der Waals surface area contributed by atoms with Crippen LogP contribution in [0.1, 0.15) is 28.4 Å². The topological polar surface area (TPSA) is 47.6 Å². The second kappa shape index (κ2) is 8.13. The van der Waals surface area contributed by atoms with Crippen LogP contribution in [0, 0.1) is 6.92 Å². The van der Waals surface area contributed by atoms with E-state index in [1.165, 1.54) is 0 Å². The molecule has 0 saturated carbocycles. The first-order valence-electron chi connectivity index (χ1n) is 7.37. The van der Waals surface area contributed by atoms with E-state index in [1.807, 2.05) is 32.0 Å². The van der Waals surface area contributed by atoms with Gasteiger partial charge in [-0.1, -0.05) is 15.9 Å². The molecule has 0 aliphatic carbocycles. The highest BCUT2D eigenvalue weighted by molar-refractivity contribution is 9.10. The fourth-order valence-corrected chi connectivity index (χ4v) is 2.68. The summed E-state index contributed by atoms with van der Waals surface area (Å²) < 4.78 is 11.7. The number of carbonyl (C=O) groups excluding carboxylic acids is 1. The maximum Gasteiger partial charge on any atom is 0.255 e. The molecule has 0 aliphatic heterocycles. The average molecular weight is 378 g/mol. The first kappa shape index (κ1) is 17.5. The lowest BCUT2D eigenvalue weighted by Gasteiger charge is -2.12. The number of rotatable bonds is 6. The predicted octanol–water partition coefficient (Wildman–Crippen LogP) is 4.55. The summed E-state index contributed by atoms with van der Waals surface area (Å²) in [7, 11) is 1.61. The average Bonchev–Trinajstić information content (AvgIpc) is 2.55. The first-order chi connectivity index (χ1) is 11.0. The van der Waals surface area contributed by atoms with Gasteiger partial charge in [0.1, 0.15) is 5.75 Å². The van der Waals surface area contributed by atoms with Crippen LogP contribution in [0.15, 0.2) is 40.9 Å². The first-order valence-corrected chi connectivity index (χ1v) is 8.16. The molecular weight excluding hydrogens is 358 g/mol. The van der Waals surface area contributed by atoms with E-state index in [0.29, 0.717) is 18.8 Å². The van der Waals surface area contributed by atoms with Gasteiger partial charge >= 0.3 is 0 Å². The number of nitrogens with one attached hydrogen (secondary N) is 1. The van der Waals surface area contributed by atoms with Gasteiger partial charge in [0.15, 0.2) is 0 Å². The molecule has 0 unspecified atom stereocenters. The number of amides is 1. The number of methoxy groups -OCH3 is 1. The molecule has 0 bridgehead atoms. The van der Waals surface area contributed by atoms with Crippen LogP contribution < -0.4 is 10.1 Å². The van der Waals surface area contributed by atoms with Crippen molar-refractivity contribution in [1.29, 1.82) is 0 Å². The minimum absolute atomic E-state index is 0.157. The predicted molar refractivity (Wildman–Crippen MR) is 95.2 cm³/mol. The van der Waals surface area contributed by atoms with Gasteiger partial charge in [0.2, 0.25) is 0 Å². The summed E-state index contributed by atoms with van der Waals surface area (Å²) in [6.07, 6.45) is 0. The molecule has 5 heteroatoms. The Morgan fingerprint density at radius 2 is 2.00 bits per heavy atom. The zero-order valence-corrected chi connectivity index (χ0v) is 15.1. The highest BCUT2D eigenvalue weighted by Crippen LogP contribution is 2.23. The lowest BCUT2D eigenvalue weighted by molar-refractivity contribution is 0.102. The van der Waals surface area contributed by atoms with Crippen LogP contribution in [0.25, 0.3) is 0 Å². The highest BCUT2D eigenvalue weighted by Gasteiger charge is 2.12. The third kappa shape index (κ3) is 4.56. The van der Waals surface area contributed by atoms with Crippen LogP contribution in [0.3, 0.4) is 0 Å². The van der Waals surface area contributed by atoms with E-state index >= 15 is 0 Å². The molecule has 0 heterocycles. The van der Waals surface area contributed by atoms with Crippen molar-refractivity contribution in [2.24, 2.45) is 0 Å². The van der Waals surface area contributed by atoms with Crippen molar-refractivity contribution in [3.8, 4) is 5.75 Å². The van der Waals surface area contributed by atoms with Crippen LogP contribution in [-0.2, 0) is 11.3 Å². The van der Waals surface area contributed by atoms with E-state index in [0.717, 1.165) is 27.0 Å². The molecule has 4 nitrogen and oxygen atoms in total. The second-order valence-electron chi connectivity index (χ2n) is 5.08. The van der Waals surface area contributed by atoms with Crippen LogP contribution in [0.4, 0.5) is 5.69 Å². The number of benzene rings is 2. The molecule has 2 rings (SSSR count). The Bertz CT molecular complexity index is 701. The van der Waals surface area contributed by atoms with Gasteiger partial charge in [0.05, 0.1) is 13.7 Å². The number of anilines is 1. The van der Waals surface area contributed by atoms with E-state index in [-0.39, 0.29) is 5.91 Å². The second-order valence-corrected chi connectivity index (χ2v) is 5.99. The lowest BCUT2D eigenvalue weighted by Crippen LogP contribution is -2.13. The van der Waals surface area contributed by atoms with E-state index in [1.54, 1.807) is 25.3 Å². The summed E-state index contributed by atoms with van der Waals surface area (Å²) >= 11 is 3.42. The molecule has 0 radical (unpaired) electrons. The molecule has 2 aromatic carbocycles. The third-order valence-corrected chi connectivity index (χ3v) is 3.93. The largest absolute Gasteiger partial charge is 0.496 e. The number of aryl methyl sites for hydroxylation is 1.